The van der Waals surface area contributed by atoms with E-state index in [-0.39, 0.29) is 6.03 Å². The molecule has 0 unspecified atom stereocenters. The Morgan fingerprint density at radius 1 is 1.23 bits per heavy atom. The van der Waals surface area contributed by atoms with Gasteiger partial charge in [-0.15, -0.1) is 0 Å². The first kappa shape index (κ1) is 18.7. The molecule has 2 heterocycles. The molecular formula is C18H24ClN5O2. The average Bonchev–Trinajstić information content (AvgIpc) is 3.09. The molecule has 1 aliphatic heterocycles. The molecule has 26 heavy (non-hydrogen) atoms. The number of carbonyl (C=O) groups is 1. The summed E-state index contributed by atoms with van der Waals surface area (Å²) >= 11 is 6.22. The zero-order valence-corrected chi connectivity index (χ0v) is 15.7. The molecule has 0 atom stereocenters. The van der Waals surface area contributed by atoms with Crippen LogP contribution in [0.2, 0.25) is 5.02 Å². The number of nitrogens with zero attached hydrogens (tertiary/aromatic N) is 4. The lowest BCUT2D eigenvalue weighted by atomic mass is 10.2. The molecule has 1 N–H and O–H groups in total. The Balaban J connectivity index is 1.56. The van der Waals surface area contributed by atoms with E-state index in [2.05, 4.69) is 15.3 Å². The Morgan fingerprint density at radius 3 is 2.73 bits per heavy atom. The summed E-state index contributed by atoms with van der Waals surface area (Å²) in [5, 5.41) is 7.95. The SMILES string of the molecule is COCCN1CCN(C(=O)Nc2ccnn2Cc2ccccc2Cl)CC1. The third-order valence-corrected chi connectivity index (χ3v) is 4.87. The first-order valence-electron chi connectivity index (χ1n) is 8.70. The Hall–Kier alpha value is -2.09. The van der Waals surface area contributed by atoms with Crippen molar-refractivity contribution in [3.8, 4) is 0 Å². The van der Waals surface area contributed by atoms with Gasteiger partial charge >= 0.3 is 6.03 Å². The first-order valence-corrected chi connectivity index (χ1v) is 9.07. The van der Waals surface area contributed by atoms with Gasteiger partial charge in [0.05, 0.1) is 19.3 Å². The van der Waals surface area contributed by atoms with Crippen molar-refractivity contribution in [1.82, 2.24) is 19.6 Å². The van der Waals surface area contributed by atoms with E-state index in [9.17, 15) is 4.79 Å². The lowest BCUT2D eigenvalue weighted by molar-refractivity contribution is 0.109. The number of rotatable bonds is 6. The molecule has 1 fully saturated rings. The van der Waals surface area contributed by atoms with Gasteiger partial charge in [-0.1, -0.05) is 29.8 Å². The van der Waals surface area contributed by atoms with Gasteiger partial charge < -0.3 is 9.64 Å². The summed E-state index contributed by atoms with van der Waals surface area (Å²) < 4.78 is 6.85. The van der Waals surface area contributed by atoms with E-state index in [1.54, 1.807) is 24.1 Å². The van der Waals surface area contributed by atoms with Crippen molar-refractivity contribution in [1.29, 1.82) is 0 Å². The molecule has 0 aliphatic carbocycles. The van der Waals surface area contributed by atoms with Gasteiger partial charge in [0.25, 0.3) is 0 Å². The van der Waals surface area contributed by atoms with Crippen LogP contribution in [0.5, 0.6) is 0 Å². The minimum absolute atomic E-state index is 0.0997. The number of hydrogen-bond donors (Lipinski definition) is 1. The van der Waals surface area contributed by atoms with Crippen molar-refractivity contribution in [2.24, 2.45) is 0 Å². The van der Waals surface area contributed by atoms with Crippen LogP contribution < -0.4 is 5.32 Å². The van der Waals surface area contributed by atoms with Crippen LogP contribution >= 0.6 is 11.6 Å². The second kappa shape index (κ2) is 9.02. The smallest absolute Gasteiger partial charge is 0.323 e. The number of anilines is 1. The molecule has 2 amide bonds. The number of carbonyl (C=O) groups excluding carboxylic acids is 1. The van der Waals surface area contributed by atoms with Crippen LogP contribution in [0.3, 0.4) is 0 Å². The number of hydrogen-bond acceptors (Lipinski definition) is 4. The number of nitrogens with one attached hydrogen (secondary N) is 1. The maximum Gasteiger partial charge on any atom is 0.323 e. The number of methoxy groups -OCH3 is 1. The van der Waals surface area contributed by atoms with Gasteiger partial charge in [-0.2, -0.15) is 5.10 Å². The van der Waals surface area contributed by atoms with Gasteiger partial charge in [0.1, 0.15) is 5.82 Å². The quantitative estimate of drug-likeness (QED) is 0.839. The van der Waals surface area contributed by atoms with Crippen molar-refractivity contribution in [3.63, 3.8) is 0 Å². The summed E-state index contributed by atoms with van der Waals surface area (Å²) in [7, 11) is 1.70. The minimum Gasteiger partial charge on any atom is -0.383 e. The van der Waals surface area contributed by atoms with Crippen molar-refractivity contribution in [3.05, 3.63) is 47.1 Å². The lowest BCUT2D eigenvalue weighted by Crippen LogP contribution is -2.50. The standard InChI is InChI=1S/C18H24ClN5O2/c1-26-13-12-22-8-10-23(11-9-22)18(25)21-17-6-7-20-24(17)14-15-4-2-3-5-16(15)19/h2-7H,8-14H2,1H3,(H,21,25). The maximum absolute atomic E-state index is 12.6. The predicted octanol–water partition coefficient (Wildman–Crippen LogP) is 2.38. The fraction of sp³-hybridized carbons (Fsp3) is 0.444. The van der Waals surface area contributed by atoms with Crippen molar-refractivity contribution >= 4 is 23.4 Å². The summed E-state index contributed by atoms with van der Waals surface area (Å²) in [6.45, 7) is 5.24. The monoisotopic (exact) mass is 377 g/mol. The lowest BCUT2D eigenvalue weighted by Gasteiger charge is -2.34. The summed E-state index contributed by atoms with van der Waals surface area (Å²) in [5.74, 6) is 0.664. The number of piperazine rings is 1. The fourth-order valence-electron chi connectivity index (χ4n) is 2.94. The molecule has 7 nitrogen and oxygen atoms in total. The topological polar surface area (TPSA) is 62.6 Å². The van der Waals surface area contributed by atoms with Crippen LogP contribution in [0.1, 0.15) is 5.56 Å². The molecule has 3 rings (SSSR count). The number of urea groups is 1. The molecule has 1 saturated heterocycles. The molecule has 2 aromatic rings. The highest BCUT2D eigenvalue weighted by atomic mass is 35.5. The van der Waals surface area contributed by atoms with Crippen LogP contribution in [0.4, 0.5) is 10.6 Å². The van der Waals surface area contributed by atoms with Crippen molar-refractivity contribution in [2.45, 2.75) is 6.54 Å². The zero-order valence-electron chi connectivity index (χ0n) is 14.9. The first-order chi connectivity index (χ1) is 12.7. The number of halogens is 1. The molecule has 0 bridgehead atoms. The molecule has 8 heteroatoms. The summed E-state index contributed by atoms with van der Waals surface area (Å²) in [5.41, 5.74) is 0.958. The van der Waals surface area contributed by atoms with E-state index in [0.717, 1.165) is 25.2 Å². The van der Waals surface area contributed by atoms with Crippen LogP contribution in [0.25, 0.3) is 0 Å². The number of aromatic nitrogens is 2. The maximum atomic E-state index is 12.6. The van der Waals surface area contributed by atoms with Gasteiger partial charge in [0.2, 0.25) is 0 Å². The fourth-order valence-corrected chi connectivity index (χ4v) is 3.13. The van der Waals surface area contributed by atoms with Crippen LogP contribution in [0, 0.1) is 0 Å². The van der Waals surface area contributed by atoms with Gasteiger partial charge in [0, 0.05) is 50.9 Å². The molecule has 1 aromatic heterocycles. The molecule has 0 spiro atoms. The molecule has 140 valence electrons. The highest BCUT2D eigenvalue weighted by molar-refractivity contribution is 6.31. The van der Waals surface area contributed by atoms with E-state index in [1.807, 2.05) is 29.2 Å². The van der Waals surface area contributed by atoms with Gasteiger partial charge in [-0.25, -0.2) is 9.48 Å². The van der Waals surface area contributed by atoms with Crippen molar-refractivity contribution < 1.29 is 9.53 Å². The van der Waals surface area contributed by atoms with E-state index in [0.29, 0.717) is 37.1 Å². The third-order valence-electron chi connectivity index (χ3n) is 4.50. The molecule has 0 saturated carbocycles. The molecular weight excluding hydrogens is 354 g/mol. The second-order valence-corrected chi connectivity index (χ2v) is 6.62. The largest absolute Gasteiger partial charge is 0.383 e. The Labute approximate surface area is 158 Å². The van der Waals surface area contributed by atoms with Crippen LogP contribution in [-0.2, 0) is 11.3 Å². The van der Waals surface area contributed by atoms with E-state index >= 15 is 0 Å². The summed E-state index contributed by atoms with van der Waals surface area (Å²) in [6.07, 6.45) is 1.68. The number of benzene rings is 1. The van der Waals surface area contributed by atoms with Gasteiger partial charge in [0.15, 0.2) is 0 Å². The highest BCUT2D eigenvalue weighted by Crippen LogP contribution is 2.18. The van der Waals surface area contributed by atoms with Gasteiger partial charge in [-0.05, 0) is 11.6 Å². The van der Waals surface area contributed by atoms with E-state index in [4.69, 9.17) is 16.3 Å². The third kappa shape index (κ3) is 4.75. The Morgan fingerprint density at radius 2 is 2.00 bits per heavy atom. The molecule has 0 radical (unpaired) electrons. The minimum atomic E-state index is -0.0997. The predicted molar refractivity (Wildman–Crippen MR) is 102 cm³/mol. The second-order valence-electron chi connectivity index (χ2n) is 6.22. The molecule has 1 aromatic carbocycles. The van der Waals surface area contributed by atoms with Crippen molar-refractivity contribution in [2.75, 3.05) is 51.8 Å². The van der Waals surface area contributed by atoms with Crippen LogP contribution in [0.15, 0.2) is 36.5 Å². The Bertz CT molecular complexity index is 728. The van der Waals surface area contributed by atoms with E-state index in [1.165, 1.54) is 0 Å². The Kier molecular flexibility index (Phi) is 6.49. The average molecular weight is 378 g/mol. The zero-order chi connectivity index (χ0) is 18.4. The van der Waals surface area contributed by atoms with E-state index < -0.39 is 0 Å². The summed E-state index contributed by atoms with van der Waals surface area (Å²) in [4.78, 5) is 16.7. The normalized spacial score (nSPS) is 15.2. The number of amides is 2. The van der Waals surface area contributed by atoms with Gasteiger partial charge in [-0.3, -0.25) is 10.2 Å². The highest BCUT2D eigenvalue weighted by Gasteiger charge is 2.21. The summed E-state index contributed by atoms with van der Waals surface area (Å²) in [6, 6.07) is 9.33. The van der Waals surface area contributed by atoms with Crippen LogP contribution in [-0.4, -0.2) is 72.1 Å². The number of ether oxygens (including phenoxy) is 1. The molecule has 1 aliphatic rings.